The van der Waals surface area contributed by atoms with Gasteiger partial charge in [-0.25, -0.2) is 0 Å². The van der Waals surface area contributed by atoms with E-state index < -0.39 is 4.92 Å². The largest absolute Gasteiger partial charge is 0.346 e. The van der Waals surface area contributed by atoms with E-state index in [1.165, 1.54) is 17.1 Å². The van der Waals surface area contributed by atoms with Gasteiger partial charge in [0.05, 0.1) is 4.92 Å². The van der Waals surface area contributed by atoms with Crippen molar-refractivity contribution in [3.8, 4) is 0 Å². The van der Waals surface area contributed by atoms with Gasteiger partial charge in [-0.3, -0.25) is 19.6 Å². The van der Waals surface area contributed by atoms with Crippen LogP contribution in [-0.4, -0.2) is 39.1 Å². The van der Waals surface area contributed by atoms with E-state index in [0.29, 0.717) is 19.5 Å². The molecule has 0 spiro atoms. The Balaban J connectivity index is 2.48. The highest BCUT2D eigenvalue weighted by Gasteiger charge is 2.11. The first-order chi connectivity index (χ1) is 7.54. The average molecular weight is 226 g/mol. The van der Waals surface area contributed by atoms with E-state index in [1.807, 2.05) is 6.92 Å². The van der Waals surface area contributed by atoms with E-state index in [1.54, 1.807) is 11.9 Å². The molecule has 0 atom stereocenters. The molecule has 7 heteroatoms. The third-order valence-electron chi connectivity index (χ3n) is 2.29. The Labute approximate surface area is 92.8 Å². The molecule has 0 aliphatic rings. The number of hydrogen-bond acceptors (Lipinski definition) is 4. The van der Waals surface area contributed by atoms with Gasteiger partial charge < -0.3 is 4.90 Å². The summed E-state index contributed by atoms with van der Waals surface area (Å²) < 4.78 is 1.40. The highest BCUT2D eigenvalue weighted by molar-refractivity contribution is 5.75. The molecule has 0 aromatic carbocycles. The van der Waals surface area contributed by atoms with Crippen LogP contribution >= 0.6 is 0 Å². The van der Waals surface area contributed by atoms with Gasteiger partial charge in [0, 0.05) is 26.6 Å². The first-order valence-electron chi connectivity index (χ1n) is 4.95. The van der Waals surface area contributed by atoms with Crippen LogP contribution < -0.4 is 0 Å². The lowest BCUT2D eigenvalue weighted by Crippen LogP contribution is -2.27. The third-order valence-corrected chi connectivity index (χ3v) is 2.29. The van der Waals surface area contributed by atoms with E-state index in [0.717, 1.165) is 0 Å². The van der Waals surface area contributed by atoms with Gasteiger partial charge in [-0.1, -0.05) is 0 Å². The number of rotatable bonds is 5. The number of carbonyl (C=O) groups excluding carboxylic acids is 1. The van der Waals surface area contributed by atoms with Crippen molar-refractivity contribution in [1.29, 1.82) is 0 Å². The molecule has 1 aromatic heterocycles. The molecule has 0 fully saturated rings. The number of amides is 1. The highest BCUT2D eigenvalue weighted by atomic mass is 16.6. The van der Waals surface area contributed by atoms with E-state index >= 15 is 0 Å². The monoisotopic (exact) mass is 226 g/mol. The van der Waals surface area contributed by atoms with Crippen molar-refractivity contribution < 1.29 is 9.72 Å². The lowest BCUT2D eigenvalue weighted by atomic mass is 10.3. The minimum Gasteiger partial charge on any atom is -0.346 e. The number of nitro groups is 1. The second kappa shape index (κ2) is 5.24. The predicted octanol–water partition coefficient (Wildman–Crippen LogP) is 0.660. The molecule has 1 heterocycles. The molecule has 88 valence electrons. The van der Waals surface area contributed by atoms with Crippen molar-refractivity contribution >= 4 is 11.6 Å². The summed E-state index contributed by atoms with van der Waals surface area (Å²) in [5, 5.41) is 14.2. The summed E-state index contributed by atoms with van der Waals surface area (Å²) >= 11 is 0. The molecule has 1 rings (SSSR count). The van der Waals surface area contributed by atoms with Gasteiger partial charge in [0.1, 0.15) is 12.4 Å². The fourth-order valence-electron chi connectivity index (χ4n) is 1.15. The standard InChI is InChI=1S/C9H14N4O3/c1-3-11(2)9(14)4-5-12-7-8(6-10-12)13(15)16/h6-7H,3-5H2,1-2H3. The van der Waals surface area contributed by atoms with Crippen molar-refractivity contribution in [2.24, 2.45) is 0 Å². The van der Waals surface area contributed by atoms with Crippen LogP contribution in [0.5, 0.6) is 0 Å². The Bertz CT molecular complexity index is 388. The van der Waals surface area contributed by atoms with Crippen molar-refractivity contribution in [2.45, 2.75) is 19.9 Å². The van der Waals surface area contributed by atoms with Crippen LogP contribution in [0.3, 0.4) is 0 Å². The van der Waals surface area contributed by atoms with Crippen LogP contribution in [0.4, 0.5) is 5.69 Å². The minimum atomic E-state index is -0.510. The second-order valence-corrected chi connectivity index (χ2v) is 3.38. The maximum absolute atomic E-state index is 11.4. The lowest BCUT2D eigenvalue weighted by molar-refractivity contribution is -0.385. The van der Waals surface area contributed by atoms with Crippen LogP contribution in [0.2, 0.25) is 0 Å². The summed E-state index contributed by atoms with van der Waals surface area (Å²) in [6, 6.07) is 0. The van der Waals surface area contributed by atoms with Gasteiger partial charge in [0.25, 0.3) is 0 Å². The predicted molar refractivity (Wildman–Crippen MR) is 56.8 cm³/mol. The zero-order chi connectivity index (χ0) is 12.1. The molecule has 0 saturated heterocycles. The van der Waals surface area contributed by atoms with Crippen molar-refractivity contribution in [3.05, 3.63) is 22.5 Å². The summed E-state index contributed by atoms with van der Waals surface area (Å²) in [7, 11) is 1.72. The van der Waals surface area contributed by atoms with Crippen LogP contribution in [0, 0.1) is 10.1 Å². The molecular formula is C9H14N4O3. The third kappa shape index (κ3) is 3.04. The summed E-state index contributed by atoms with van der Waals surface area (Å²) in [5.74, 6) is 0.000605. The Morgan fingerprint density at radius 2 is 2.38 bits per heavy atom. The first-order valence-corrected chi connectivity index (χ1v) is 4.95. The van der Waals surface area contributed by atoms with Gasteiger partial charge in [-0.15, -0.1) is 0 Å². The molecule has 1 aromatic rings. The van der Waals surface area contributed by atoms with E-state index in [9.17, 15) is 14.9 Å². The van der Waals surface area contributed by atoms with Crippen molar-refractivity contribution in [3.63, 3.8) is 0 Å². The molecule has 0 aliphatic carbocycles. The Hall–Kier alpha value is -1.92. The zero-order valence-corrected chi connectivity index (χ0v) is 9.29. The Kier molecular flexibility index (Phi) is 3.98. The summed E-state index contributed by atoms with van der Waals surface area (Å²) in [5.41, 5.74) is -0.0590. The number of carbonyl (C=O) groups is 1. The summed E-state index contributed by atoms with van der Waals surface area (Å²) in [4.78, 5) is 22.9. The van der Waals surface area contributed by atoms with Gasteiger partial charge >= 0.3 is 5.69 Å². The van der Waals surface area contributed by atoms with E-state index in [4.69, 9.17) is 0 Å². The van der Waals surface area contributed by atoms with Crippen molar-refractivity contribution in [1.82, 2.24) is 14.7 Å². The highest BCUT2D eigenvalue weighted by Crippen LogP contribution is 2.08. The zero-order valence-electron chi connectivity index (χ0n) is 9.29. The van der Waals surface area contributed by atoms with E-state index in [2.05, 4.69) is 5.10 Å². The maximum Gasteiger partial charge on any atom is 0.306 e. The molecule has 0 radical (unpaired) electrons. The summed E-state index contributed by atoms with van der Waals surface area (Å²) in [6.07, 6.45) is 2.79. The maximum atomic E-state index is 11.4. The van der Waals surface area contributed by atoms with Crippen LogP contribution in [0.1, 0.15) is 13.3 Å². The molecule has 0 unspecified atom stereocenters. The number of hydrogen-bond donors (Lipinski definition) is 0. The lowest BCUT2D eigenvalue weighted by Gasteiger charge is -2.13. The molecule has 0 N–H and O–H groups in total. The SMILES string of the molecule is CCN(C)C(=O)CCn1cc([N+](=O)[O-])cn1. The molecule has 0 saturated carbocycles. The number of aryl methyl sites for hydroxylation is 1. The normalized spacial score (nSPS) is 10.1. The fourth-order valence-corrected chi connectivity index (χ4v) is 1.15. The van der Waals surface area contributed by atoms with Gasteiger partial charge in [-0.05, 0) is 6.92 Å². The fraction of sp³-hybridized carbons (Fsp3) is 0.556. The molecule has 0 bridgehead atoms. The number of nitrogens with zero attached hydrogens (tertiary/aromatic N) is 4. The second-order valence-electron chi connectivity index (χ2n) is 3.38. The molecular weight excluding hydrogens is 212 g/mol. The molecule has 7 nitrogen and oxygen atoms in total. The average Bonchev–Trinajstić information content (AvgIpc) is 2.73. The summed E-state index contributed by atoms with van der Waals surface area (Å²) in [6.45, 7) is 2.89. The smallest absolute Gasteiger partial charge is 0.306 e. The quantitative estimate of drug-likeness (QED) is 0.545. The van der Waals surface area contributed by atoms with Crippen LogP contribution in [0.15, 0.2) is 12.4 Å². The topological polar surface area (TPSA) is 81.3 Å². The Morgan fingerprint density at radius 1 is 1.69 bits per heavy atom. The molecule has 16 heavy (non-hydrogen) atoms. The van der Waals surface area contributed by atoms with Gasteiger partial charge in [0.15, 0.2) is 0 Å². The minimum absolute atomic E-state index is 0.000605. The molecule has 0 aliphatic heterocycles. The van der Waals surface area contributed by atoms with E-state index in [-0.39, 0.29) is 11.6 Å². The Morgan fingerprint density at radius 3 is 2.88 bits per heavy atom. The van der Waals surface area contributed by atoms with Crippen molar-refractivity contribution in [2.75, 3.05) is 13.6 Å². The first kappa shape index (κ1) is 12.2. The van der Waals surface area contributed by atoms with Gasteiger partial charge in [0.2, 0.25) is 5.91 Å². The molecule has 1 amide bonds. The number of aromatic nitrogens is 2. The van der Waals surface area contributed by atoms with Crippen LogP contribution in [-0.2, 0) is 11.3 Å². The van der Waals surface area contributed by atoms with Crippen LogP contribution in [0.25, 0.3) is 0 Å². The van der Waals surface area contributed by atoms with Gasteiger partial charge in [-0.2, -0.15) is 5.10 Å².